The van der Waals surface area contributed by atoms with Crippen LogP contribution in [0.2, 0.25) is 0 Å². The van der Waals surface area contributed by atoms with Crippen LogP contribution in [0.4, 0.5) is 5.82 Å². The van der Waals surface area contributed by atoms with Gasteiger partial charge in [-0.1, -0.05) is 15.9 Å². The minimum atomic E-state index is 1.03. The lowest BCUT2D eigenvalue weighted by atomic mass is 10.3. The first-order valence-electron chi connectivity index (χ1n) is 6.12. The Labute approximate surface area is 111 Å². The van der Waals surface area contributed by atoms with Crippen LogP contribution in [0.1, 0.15) is 12.1 Å². The van der Waals surface area contributed by atoms with Crippen molar-refractivity contribution >= 4 is 21.7 Å². The predicted molar refractivity (Wildman–Crippen MR) is 73.8 cm³/mol. The molecule has 1 aromatic heterocycles. The van der Waals surface area contributed by atoms with Crippen molar-refractivity contribution in [1.29, 1.82) is 0 Å². The van der Waals surface area contributed by atoms with E-state index in [1.165, 1.54) is 13.0 Å². The van der Waals surface area contributed by atoms with Crippen LogP contribution in [0.3, 0.4) is 0 Å². The van der Waals surface area contributed by atoms with Crippen LogP contribution in [0.5, 0.6) is 0 Å². The molecule has 4 nitrogen and oxygen atoms in total. The van der Waals surface area contributed by atoms with Crippen molar-refractivity contribution in [2.24, 2.45) is 0 Å². The topological polar surface area (TPSA) is 32.3 Å². The number of hydrogen-bond donors (Lipinski definition) is 0. The molecule has 5 heteroatoms. The Balaban J connectivity index is 2.01. The van der Waals surface area contributed by atoms with Gasteiger partial charge in [-0.05, 0) is 19.9 Å². The Morgan fingerprint density at radius 2 is 2.00 bits per heavy atom. The number of halogens is 1. The minimum Gasteiger partial charge on any atom is -0.354 e. The monoisotopic (exact) mass is 298 g/mol. The van der Waals surface area contributed by atoms with Crippen LogP contribution in [0, 0.1) is 6.92 Å². The fourth-order valence-electron chi connectivity index (χ4n) is 2.24. The van der Waals surface area contributed by atoms with Gasteiger partial charge in [0.1, 0.15) is 5.82 Å². The molecule has 17 heavy (non-hydrogen) atoms. The second-order valence-electron chi connectivity index (χ2n) is 4.34. The summed E-state index contributed by atoms with van der Waals surface area (Å²) in [6.45, 7) is 7.59. The largest absolute Gasteiger partial charge is 0.354 e. The maximum atomic E-state index is 4.45. The molecule has 0 unspecified atom stereocenters. The quantitative estimate of drug-likeness (QED) is 0.795. The van der Waals surface area contributed by atoms with Gasteiger partial charge >= 0.3 is 0 Å². The number of anilines is 1. The van der Waals surface area contributed by atoms with Crippen molar-refractivity contribution in [1.82, 2.24) is 14.9 Å². The van der Waals surface area contributed by atoms with E-state index in [9.17, 15) is 0 Å². The summed E-state index contributed by atoms with van der Waals surface area (Å²) in [6, 6.07) is 0. The van der Waals surface area contributed by atoms with Crippen LogP contribution in [0.15, 0.2) is 12.4 Å². The summed E-state index contributed by atoms with van der Waals surface area (Å²) in [5, 5.41) is 1.05. The molecular weight excluding hydrogens is 280 g/mol. The zero-order valence-electron chi connectivity index (χ0n) is 10.3. The highest BCUT2D eigenvalue weighted by molar-refractivity contribution is 9.09. The molecule has 1 aliphatic rings. The highest BCUT2D eigenvalue weighted by Gasteiger charge is 2.16. The Hall–Kier alpha value is -0.680. The molecule has 0 atom stereocenters. The molecule has 0 spiro atoms. The van der Waals surface area contributed by atoms with Crippen LogP contribution in [0.25, 0.3) is 0 Å². The summed E-state index contributed by atoms with van der Waals surface area (Å²) >= 11 is 3.50. The van der Waals surface area contributed by atoms with Crippen molar-refractivity contribution in [3.63, 3.8) is 0 Å². The summed E-state index contributed by atoms with van der Waals surface area (Å²) < 4.78 is 0. The van der Waals surface area contributed by atoms with Gasteiger partial charge in [0.2, 0.25) is 0 Å². The SMILES string of the molecule is Cc1nccnc1N1CCCN(CCBr)CC1. The Bertz CT molecular complexity index is 358. The average molecular weight is 299 g/mol. The smallest absolute Gasteiger partial charge is 0.150 e. The van der Waals surface area contributed by atoms with Gasteiger partial charge in [0.05, 0.1) is 5.69 Å². The second kappa shape index (κ2) is 6.31. The molecule has 0 amide bonds. The number of rotatable bonds is 3. The minimum absolute atomic E-state index is 1.03. The van der Waals surface area contributed by atoms with E-state index in [0.29, 0.717) is 0 Å². The second-order valence-corrected chi connectivity index (χ2v) is 5.13. The first-order chi connectivity index (χ1) is 8.31. The summed E-state index contributed by atoms with van der Waals surface area (Å²) in [5.74, 6) is 1.05. The Morgan fingerprint density at radius 1 is 1.18 bits per heavy atom. The highest BCUT2D eigenvalue weighted by Crippen LogP contribution is 2.16. The third-order valence-corrected chi connectivity index (χ3v) is 3.50. The molecule has 1 saturated heterocycles. The van der Waals surface area contributed by atoms with Crippen LogP contribution < -0.4 is 4.90 Å². The zero-order valence-corrected chi connectivity index (χ0v) is 11.9. The van der Waals surface area contributed by atoms with E-state index in [2.05, 4.69) is 35.7 Å². The molecule has 0 radical (unpaired) electrons. The van der Waals surface area contributed by atoms with Gasteiger partial charge in [0.25, 0.3) is 0 Å². The Kier molecular flexibility index (Phi) is 4.74. The fraction of sp³-hybridized carbons (Fsp3) is 0.667. The Morgan fingerprint density at radius 3 is 2.76 bits per heavy atom. The van der Waals surface area contributed by atoms with Crippen molar-refractivity contribution in [3.8, 4) is 0 Å². The molecular formula is C12H19BrN4. The molecule has 0 bridgehead atoms. The van der Waals surface area contributed by atoms with Crippen molar-refractivity contribution in [2.45, 2.75) is 13.3 Å². The van der Waals surface area contributed by atoms with Gasteiger partial charge < -0.3 is 9.80 Å². The number of aromatic nitrogens is 2. The lowest BCUT2D eigenvalue weighted by Gasteiger charge is -2.23. The molecule has 1 fully saturated rings. The average Bonchev–Trinajstić information content (AvgIpc) is 2.56. The van der Waals surface area contributed by atoms with Gasteiger partial charge in [0, 0.05) is 43.9 Å². The van der Waals surface area contributed by atoms with Crippen LogP contribution >= 0.6 is 15.9 Å². The standard InChI is InChI=1S/C12H19BrN4/c1-11-12(15-5-4-14-11)17-7-2-6-16(8-3-13)9-10-17/h4-5H,2-3,6-10H2,1H3. The van der Waals surface area contributed by atoms with Gasteiger partial charge in [-0.15, -0.1) is 0 Å². The molecule has 2 rings (SSSR count). The van der Waals surface area contributed by atoms with Crippen LogP contribution in [-0.4, -0.2) is 52.9 Å². The van der Waals surface area contributed by atoms with Gasteiger partial charge in [-0.2, -0.15) is 0 Å². The molecule has 1 aliphatic heterocycles. The summed E-state index contributed by atoms with van der Waals surface area (Å²) in [4.78, 5) is 13.6. The van der Waals surface area contributed by atoms with Crippen LogP contribution in [-0.2, 0) is 0 Å². The van der Waals surface area contributed by atoms with E-state index < -0.39 is 0 Å². The molecule has 0 N–H and O–H groups in total. The predicted octanol–water partition coefficient (Wildman–Crippen LogP) is 1.69. The summed E-state index contributed by atoms with van der Waals surface area (Å²) in [5.41, 5.74) is 1.03. The third-order valence-electron chi connectivity index (χ3n) is 3.14. The number of nitrogens with zero attached hydrogens (tertiary/aromatic N) is 4. The molecule has 1 aromatic rings. The first kappa shape index (κ1) is 12.8. The van der Waals surface area contributed by atoms with E-state index in [4.69, 9.17) is 0 Å². The van der Waals surface area contributed by atoms with Crippen molar-refractivity contribution in [2.75, 3.05) is 43.0 Å². The third kappa shape index (κ3) is 3.39. The summed E-state index contributed by atoms with van der Waals surface area (Å²) in [6.07, 6.45) is 4.74. The van der Waals surface area contributed by atoms with Gasteiger partial charge in [-0.3, -0.25) is 4.98 Å². The van der Waals surface area contributed by atoms with E-state index >= 15 is 0 Å². The van der Waals surface area contributed by atoms with Gasteiger partial charge in [-0.25, -0.2) is 4.98 Å². The lowest BCUT2D eigenvalue weighted by molar-refractivity contribution is 0.313. The maximum absolute atomic E-state index is 4.45. The lowest BCUT2D eigenvalue weighted by Crippen LogP contribution is -2.32. The fourth-order valence-corrected chi connectivity index (χ4v) is 2.74. The highest BCUT2D eigenvalue weighted by atomic mass is 79.9. The van der Waals surface area contributed by atoms with E-state index in [1.54, 1.807) is 12.4 Å². The normalized spacial score (nSPS) is 18.1. The molecule has 2 heterocycles. The van der Waals surface area contributed by atoms with E-state index in [0.717, 1.165) is 43.0 Å². The van der Waals surface area contributed by atoms with E-state index in [1.807, 2.05) is 6.92 Å². The molecule has 0 saturated carbocycles. The first-order valence-corrected chi connectivity index (χ1v) is 7.24. The number of alkyl halides is 1. The van der Waals surface area contributed by atoms with Crippen molar-refractivity contribution < 1.29 is 0 Å². The van der Waals surface area contributed by atoms with Gasteiger partial charge in [0.15, 0.2) is 0 Å². The number of hydrogen-bond acceptors (Lipinski definition) is 4. The molecule has 0 aromatic carbocycles. The van der Waals surface area contributed by atoms with Crippen molar-refractivity contribution in [3.05, 3.63) is 18.1 Å². The summed E-state index contributed by atoms with van der Waals surface area (Å²) in [7, 11) is 0. The molecule has 94 valence electrons. The maximum Gasteiger partial charge on any atom is 0.150 e. The number of aryl methyl sites for hydroxylation is 1. The van der Waals surface area contributed by atoms with E-state index in [-0.39, 0.29) is 0 Å². The zero-order chi connectivity index (χ0) is 12.1. The molecule has 0 aliphatic carbocycles.